The average Bonchev–Trinajstić information content (AvgIpc) is 3.00. The fourth-order valence-electron chi connectivity index (χ4n) is 2.44. The first-order chi connectivity index (χ1) is 12.4. The lowest BCUT2D eigenvalue weighted by Gasteiger charge is -2.10. The van der Waals surface area contributed by atoms with Crippen molar-refractivity contribution in [3.8, 4) is 0 Å². The van der Waals surface area contributed by atoms with Crippen LogP contribution in [0.1, 0.15) is 16.7 Å². The van der Waals surface area contributed by atoms with Gasteiger partial charge in [0.2, 0.25) is 0 Å². The Labute approximate surface area is 168 Å². The SMILES string of the molecule is Cc1ccc(NC(=S)Nc2ccn(Cc3ccc(Cl)cc3Cl)n2)cc1C. The number of rotatable bonds is 4. The number of hydrogen-bond acceptors (Lipinski definition) is 2. The van der Waals surface area contributed by atoms with E-state index >= 15 is 0 Å². The molecule has 0 aliphatic heterocycles. The minimum atomic E-state index is 0.489. The van der Waals surface area contributed by atoms with Crippen molar-refractivity contribution in [2.24, 2.45) is 0 Å². The van der Waals surface area contributed by atoms with E-state index in [-0.39, 0.29) is 0 Å². The van der Waals surface area contributed by atoms with Gasteiger partial charge in [-0.2, -0.15) is 5.10 Å². The van der Waals surface area contributed by atoms with Crippen LogP contribution in [-0.4, -0.2) is 14.9 Å². The van der Waals surface area contributed by atoms with E-state index in [9.17, 15) is 0 Å². The van der Waals surface area contributed by atoms with Crippen molar-refractivity contribution in [2.45, 2.75) is 20.4 Å². The second kappa shape index (κ2) is 8.08. The van der Waals surface area contributed by atoms with Crippen LogP contribution in [0.25, 0.3) is 0 Å². The maximum absolute atomic E-state index is 6.21. The normalized spacial score (nSPS) is 10.6. The van der Waals surface area contributed by atoms with Crippen LogP contribution in [0.3, 0.4) is 0 Å². The van der Waals surface area contributed by atoms with Crippen molar-refractivity contribution in [3.63, 3.8) is 0 Å². The number of aryl methyl sites for hydroxylation is 2. The number of nitrogens with zero attached hydrogens (tertiary/aromatic N) is 2. The Hall–Kier alpha value is -2.08. The van der Waals surface area contributed by atoms with Gasteiger partial charge in [0.25, 0.3) is 0 Å². The molecule has 0 fully saturated rings. The zero-order valence-electron chi connectivity index (χ0n) is 14.4. The van der Waals surface area contributed by atoms with Crippen LogP contribution in [0.15, 0.2) is 48.7 Å². The second-order valence-electron chi connectivity index (χ2n) is 6.01. The van der Waals surface area contributed by atoms with Crippen molar-refractivity contribution >= 4 is 52.0 Å². The highest BCUT2D eigenvalue weighted by molar-refractivity contribution is 7.80. The first kappa shape index (κ1) is 18.7. The predicted octanol–water partition coefficient (Wildman–Crippen LogP) is 5.66. The summed E-state index contributed by atoms with van der Waals surface area (Å²) in [6.45, 7) is 4.70. The molecule has 7 heteroatoms. The molecule has 4 nitrogen and oxygen atoms in total. The molecule has 3 rings (SSSR count). The van der Waals surface area contributed by atoms with E-state index in [4.69, 9.17) is 35.4 Å². The molecule has 0 aliphatic rings. The lowest BCUT2D eigenvalue weighted by atomic mass is 10.1. The number of anilines is 2. The highest BCUT2D eigenvalue weighted by atomic mass is 35.5. The van der Waals surface area contributed by atoms with Gasteiger partial charge >= 0.3 is 0 Å². The first-order valence-corrected chi connectivity index (χ1v) is 9.20. The number of halogens is 2. The van der Waals surface area contributed by atoms with Gasteiger partial charge in [-0.3, -0.25) is 4.68 Å². The quantitative estimate of drug-likeness (QED) is 0.550. The zero-order valence-corrected chi connectivity index (χ0v) is 16.7. The van der Waals surface area contributed by atoms with Crippen LogP contribution < -0.4 is 10.6 Å². The van der Waals surface area contributed by atoms with E-state index in [1.54, 1.807) is 10.7 Å². The van der Waals surface area contributed by atoms with Gasteiger partial charge in [0.1, 0.15) is 0 Å². The van der Waals surface area contributed by atoms with E-state index in [2.05, 4.69) is 41.7 Å². The third kappa shape index (κ3) is 4.75. The Morgan fingerprint density at radius 3 is 2.58 bits per heavy atom. The number of thiocarbonyl (C=S) groups is 1. The van der Waals surface area contributed by atoms with Crippen LogP contribution in [0, 0.1) is 13.8 Å². The standard InChI is InChI=1S/C19H18Cl2N4S/c1-12-3-6-16(9-13(12)2)22-19(26)23-18-7-8-25(24-18)11-14-4-5-15(20)10-17(14)21/h3-10H,11H2,1-2H3,(H2,22,23,24,26). The first-order valence-electron chi connectivity index (χ1n) is 8.03. The Bertz CT molecular complexity index is 952. The molecule has 1 heterocycles. The molecule has 1 aromatic heterocycles. The van der Waals surface area contributed by atoms with Gasteiger partial charge in [0.05, 0.1) is 6.54 Å². The summed E-state index contributed by atoms with van der Waals surface area (Å²) in [5.74, 6) is 0.663. The van der Waals surface area contributed by atoms with E-state index in [1.807, 2.05) is 30.5 Å². The maximum Gasteiger partial charge on any atom is 0.176 e. The van der Waals surface area contributed by atoms with Crippen molar-refractivity contribution in [3.05, 3.63) is 75.4 Å². The molecular formula is C19H18Cl2N4S. The van der Waals surface area contributed by atoms with Crippen molar-refractivity contribution < 1.29 is 0 Å². The van der Waals surface area contributed by atoms with Crippen LogP contribution in [-0.2, 0) is 6.54 Å². The van der Waals surface area contributed by atoms with Gasteiger partial charge in [-0.15, -0.1) is 0 Å². The molecule has 0 unspecified atom stereocenters. The van der Waals surface area contributed by atoms with E-state index < -0.39 is 0 Å². The molecule has 0 spiro atoms. The molecule has 134 valence electrons. The van der Waals surface area contributed by atoms with E-state index in [0.717, 1.165) is 11.3 Å². The Morgan fingerprint density at radius 1 is 1.04 bits per heavy atom. The smallest absolute Gasteiger partial charge is 0.176 e. The number of aromatic nitrogens is 2. The molecule has 0 atom stereocenters. The molecule has 0 saturated carbocycles. The Morgan fingerprint density at radius 2 is 1.85 bits per heavy atom. The second-order valence-corrected chi connectivity index (χ2v) is 7.26. The Kier molecular flexibility index (Phi) is 5.81. The minimum absolute atomic E-state index is 0.489. The molecular weight excluding hydrogens is 387 g/mol. The molecule has 0 aliphatic carbocycles. The number of hydrogen-bond donors (Lipinski definition) is 2. The van der Waals surface area contributed by atoms with Crippen LogP contribution in [0.5, 0.6) is 0 Å². The molecule has 0 amide bonds. The molecule has 0 bridgehead atoms. The fourth-order valence-corrected chi connectivity index (χ4v) is 3.13. The monoisotopic (exact) mass is 404 g/mol. The summed E-state index contributed by atoms with van der Waals surface area (Å²) < 4.78 is 1.79. The highest BCUT2D eigenvalue weighted by Gasteiger charge is 2.06. The molecule has 0 saturated heterocycles. The van der Waals surface area contributed by atoms with Gasteiger partial charge < -0.3 is 10.6 Å². The van der Waals surface area contributed by atoms with Crippen LogP contribution in [0.2, 0.25) is 10.0 Å². The summed E-state index contributed by atoms with van der Waals surface area (Å²) in [5.41, 5.74) is 4.34. The van der Waals surface area contributed by atoms with Gasteiger partial charge in [-0.25, -0.2) is 0 Å². The van der Waals surface area contributed by atoms with Crippen molar-refractivity contribution in [2.75, 3.05) is 10.6 Å². The number of benzene rings is 2. The predicted molar refractivity (Wildman–Crippen MR) is 114 cm³/mol. The fraction of sp³-hybridized carbons (Fsp3) is 0.158. The van der Waals surface area contributed by atoms with Gasteiger partial charge in [0.15, 0.2) is 10.9 Å². The van der Waals surface area contributed by atoms with Crippen LogP contribution >= 0.6 is 35.4 Å². The lowest BCUT2D eigenvalue weighted by Crippen LogP contribution is -2.19. The van der Waals surface area contributed by atoms with Gasteiger partial charge in [0, 0.05) is 28.0 Å². The number of nitrogens with one attached hydrogen (secondary N) is 2. The third-order valence-corrected chi connectivity index (χ3v) is 4.79. The van der Waals surface area contributed by atoms with Crippen molar-refractivity contribution in [1.29, 1.82) is 0 Å². The largest absolute Gasteiger partial charge is 0.332 e. The van der Waals surface area contributed by atoms with Gasteiger partial charge in [-0.05, 0) is 67.0 Å². The van der Waals surface area contributed by atoms with Crippen molar-refractivity contribution in [1.82, 2.24) is 9.78 Å². The summed E-state index contributed by atoms with van der Waals surface area (Å²) in [6, 6.07) is 13.4. The highest BCUT2D eigenvalue weighted by Crippen LogP contribution is 2.22. The summed E-state index contributed by atoms with van der Waals surface area (Å²) >= 11 is 17.5. The molecule has 0 radical (unpaired) electrons. The summed E-state index contributed by atoms with van der Waals surface area (Å²) in [4.78, 5) is 0. The maximum atomic E-state index is 6.21. The Balaban J connectivity index is 1.62. The summed E-state index contributed by atoms with van der Waals surface area (Å²) in [5, 5.41) is 12.4. The zero-order chi connectivity index (χ0) is 18.7. The van der Waals surface area contributed by atoms with Gasteiger partial charge in [-0.1, -0.05) is 35.3 Å². The van der Waals surface area contributed by atoms with E-state index in [0.29, 0.717) is 27.5 Å². The minimum Gasteiger partial charge on any atom is -0.332 e. The molecule has 26 heavy (non-hydrogen) atoms. The molecule has 2 N–H and O–H groups in total. The third-order valence-electron chi connectivity index (χ3n) is 3.99. The van der Waals surface area contributed by atoms with E-state index in [1.165, 1.54) is 11.1 Å². The lowest BCUT2D eigenvalue weighted by molar-refractivity contribution is 0.690. The average molecular weight is 405 g/mol. The summed E-state index contributed by atoms with van der Waals surface area (Å²) in [7, 11) is 0. The topological polar surface area (TPSA) is 41.9 Å². The molecule has 3 aromatic rings. The van der Waals surface area contributed by atoms with Crippen LogP contribution in [0.4, 0.5) is 11.5 Å². The summed E-state index contributed by atoms with van der Waals surface area (Å²) in [6.07, 6.45) is 1.87. The molecule has 2 aromatic carbocycles.